The molecule has 0 aromatic rings. The third-order valence-electron chi connectivity index (χ3n) is 12.4. The van der Waals surface area contributed by atoms with Crippen molar-refractivity contribution in [3.8, 4) is 0 Å². The fourth-order valence-corrected chi connectivity index (χ4v) is 7.99. The summed E-state index contributed by atoms with van der Waals surface area (Å²) < 4.78 is 16.7. The fraction of sp³-hybridized carbons (Fsp3) is 0.703. The Balaban J connectivity index is 4.00. The van der Waals surface area contributed by atoms with Gasteiger partial charge in [0.2, 0.25) is 0 Å². The van der Waals surface area contributed by atoms with Gasteiger partial charge in [-0.05, 0) is 83.5 Å². The highest BCUT2D eigenvalue weighted by Gasteiger charge is 2.19. The molecule has 0 aliphatic heterocycles. The third kappa shape index (κ3) is 55.3. The highest BCUT2D eigenvalue weighted by atomic mass is 16.6. The van der Waals surface area contributed by atoms with E-state index in [9.17, 15) is 14.4 Å². The van der Waals surface area contributed by atoms with Gasteiger partial charge >= 0.3 is 17.9 Å². The van der Waals surface area contributed by atoms with Gasteiger partial charge in [-0.15, -0.1) is 0 Å². The molecular formula is C64H108O6. The van der Waals surface area contributed by atoms with Crippen LogP contribution in [0.4, 0.5) is 0 Å². The lowest BCUT2D eigenvalue weighted by atomic mass is 10.1. The Morgan fingerprint density at radius 2 is 0.557 bits per heavy atom. The molecule has 0 amide bonds. The van der Waals surface area contributed by atoms with Crippen LogP contribution in [0.3, 0.4) is 0 Å². The van der Waals surface area contributed by atoms with Gasteiger partial charge in [0.15, 0.2) is 6.10 Å². The zero-order valence-electron chi connectivity index (χ0n) is 45.8. The summed E-state index contributed by atoms with van der Waals surface area (Å²) in [7, 11) is 0. The standard InChI is InChI=1S/C64H108O6/c1-4-7-10-13-16-18-20-21-22-23-24-25-26-27-28-29-30-31-32-33-34-35-36-37-38-39-40-41-42-43-45-46-48-51-54-57-63(66)69-60-61(59-68-62(65)56-53-50-15-12-9-6-3)70-64(67)58-55-52-49-47-44-19-17-14-11-8-5-2/h7,10,16,18,21-22,24-25,27-28,30-31,33-34,36-37,61H,4-6,8-9,11-15,17,19-20,23,26,29,32,35,38-60H2,1-3H3/b10-7-,18-16-,22-21-,25-24-,28-27-,31-30-,34-33-,37-36-. The minimum absolute atomic E-state index is 0.0753. The second kappa shape index (κ2) is 57.9. The van der Waals surface area contributed by atoms with Gasteiger partial charge in [-0.25, -0.2) is 0 Å². The molecule has 0 spiro atoms. The molecule has 0 fully saturated rings. The number of ether oxygens (including phenoxy) is 3. The van der Waals surface area contributed by atoms with Crippen molar-refractivity contribution in [1.82, 2.24) is 0 Å². The van der Waals surface area contributed by atoms with Gasteiger partial charge in [-0.3, -0.25) is 14.4 Å². The lowest BCUT2D eigenvalue weighted by Gasteiger charge is -2.18. The summed E-state index contributed by atoms with van der Waals surface area (Å²) >= 11 is 0. The predicted octanol–water partition coefficient (Wildman–Crippen LogP) is 19.7. The van der Waals surface area contributed by atoms with E-state index in [1.165, 1.54) is 122 Å². The summed E-state index contributed by atoms with van der Waals surface area (Å²) in [6, 6.07) is 0. The topological polar surface area (TPSA) is 78.9 Å². The van der Waals surface area contributed by atoms with Crippen LogP contribution in [0.2, 0.25) is 0 Å². The van der Waals surface area contributed by atoms with Gasteiger partial charge in [0.25, 0.3) is 0 Å². The molecule has 0 aromatic carbocycles. The minimum atomic E-state index is -0.771. The van der Waals surface area contributed by atoms with Gasteiger partial charge in [0, 0.05) is 19.3 Å². The van der Waals surface area contributed by atoms with Crippen molar-refractivity contribution in [3.05, 3.63) is 97.2 Å². The minimum Gasteiger partial charge on any atom is -0.462 e. The molecule has 0 bridgehead atoms. The van der Waals surface area contributed by atoms with Gasteiger partial charge in [0.1, 0.15) is 13.2 Å². The number of allylic oxidation sites excluding steroid dienone is 16. The molecular weight excluding hydrogens is 865 g/mol. The lowest BCUT2D eigenvalue weighted by molar-refractivity contribution is -0.167. The second-order valence-corrected chi connectivity index (χ2v) is 19.2. The maximum Gasteiger partial charge on any atom is 0.306 e. The average Bonchev–Trinajstić information content (AvgIpc) is 3.36. The Labute approximate surface area is 432 Å². The summed E-state index contributed by atoms with van der Waals surface area (Å²) in [6.07, 6.45) is 77.3. The van der Waals surface area contributed by atoms with E-state index in [0.29, 0.717) is 19.3 Å². The summed E-state index contributed by atoms with van der Waals surface area (Å²) in [6.45, 7) is 6.46. The number of esters is 3. The monoisotopic (exact) mass is 973 g/mol. The van der Waals surface area contributed by atoms with Gasteiger partial charge in [-0.2, -0.15) is 0 Å². The Morgan fingerprint density at radius 3 is 0.871 bits per heavy atom. The zero-order valence-corrected chi connectivity index (χ0v) is 45.8. The first-order chi connectivity index (χ1) is 34.5. The molecule has 0 aliphatic rings. The Bertz CT molecular complexity index is 1400. The molecule has 400 valence electrons. The van der Waals surface area contributed by atoms with Crippen molar-refractivity contribution >= 4 is 17.9 Å². The van der Waals surface area contributed by atoms with Gasteiger partial charge in [-0.1, -0.05) is 266 Å². The third-order valence-corrected chi connectivity index (χ3v) is 12.4. The van der Waals surface area contributed by atoms with Crippen molar-refractivity contribution in [3.63, 3.8) is 0 Å². The number of carbonyl (C=O) groups is 3. The molecule has 0 aliphatic carbocycles. The maximum absolute atomic E-state index is 12.7. The van der Waals surface area contributed by atoms with E-state index in [-0.39, 0.29) is 31.1 Å². The fourth-order valence-electron chi connectivity index (χ4n) is 7.99. The lowest BCUT2D eigenvalue weighted by Crippen LogP contribution is -2.30. The van der Waals surface area contributed by atoms with Crippen LogP contribution in [0.15, 0.2) is 97.2 Å². The van der Waals surface area contributed by atoms with Crippen LogP contribution in [0.1, 0.15) is 271 Å². The Morgan fingerprint density at radius 1 is 0.300 bits per heavy atom. The number of unbranched alkanes of at least 4 members (excludes halogenated alkanes) is 25. The molecule has 0 saturated heterocycles. The molecule has 0 aromatic heterocycles. The van der Waals surface area contributed by atoms with Crippen molar-refractivity contribution in [2.24, 2.45) is 0 Å². The molecule has 0 radical (unpaired) electrons. The zero-order chi connectivity index (χ0) is 50.7. The predicted molar refractivity (Wildman–Crippen MR) is 302 cm³/mol. The summed E-state index contributed by atoms with van der Waals surface area (Å²) in [4.78, 5) is 37.7. The van der Waals surface area contributed by atoms with Crippen molar-refractivity contribution < 1.29 is 28.6 Å². The molecule has 0 heterocycles. The number of hydrogen-bond acceptors (Lipinski definition) is 6. The highest BCUT2D eigenvalue weighted by Crippen LogP contribution is 2.15. The van der Waals surface area contributed by atoms with Gasteiger partial charge < -0.3 is 14.2 Å². The molecule has 6 nitrogen and oxygen atoms in total. The normalized spacial score (nSPS) is 12.8. The Hall–Kier alpha value is -3.67. The molecule has 70 heavy (non-hydrogen) atoms. The number of rotatable bonds is 52. The van der Waals surface area contributed by atoms with E-state index in [2.05, 4.69) is 118 Å². The van der Waals surface area contributed by atoms with Gasteiger partial charge in [0.05, 0.1) is 0 Å². The summed E-state index contributed by atoms with van der Waals surface area (Å²) in [5.41, 5.74) is 0. The second-order valence-electron chi connectivity index (χ2n) is 19.2. The molecule has 0 N–H and O–H groups in total. The van der Waals surface area contributed by atoms with Crippen LogP contribution in [-0.4, -0.2) is 37.2 Å². The van der Waals surface area contributed by atoms with Crippen LogP contribution in [0.25, 0.3) is 0 Å². The Kier molecular flexibility index (Phi) is 54.9. The largest absolute Gasteiger partial charge is 0.462 e. The van der Waals surface area contributed by atoms with E-state index in [1.54, 1.807) is 0 Å². The number of hydrogen-bond donors (Lipinski definition) is 0. The quantitative estimate of drug-likeness (QED) is 0.0262. The first-order valence-corrected chi connectivity index (χ1v) is 29.2. The smallest absolute Gasteiger partial charge is 0.306 e. The van der Waals surface area contributed by atoms with Crippen LogP contribution in [0, 0.1) is 0 Å². The SMILES string of the molecule is CC/C=C\C/C=C\C/C=C\C/C=C\C/C=C\C/C=C\C/C=C\C/C=C\CCCCCCCCCCCCC(=O)OCC(COC(=O)CCCCCCCC)OC(=O)CCCCCCCCCCCCC. The molecule has 1 atom stereocenters. The maximum atomic E-state index is 12.7. The van der Waals surface area contributed by atoms with Crippen molar-refractivity contribution in [1.29, 1.82) is 0 Å². The van der Waals surface area contributed by atoms with Crippen LogP contribution >= 0.6 is 0 Å². The van der Waals surface area contributed by atoms with Crippen molar-refractivity contribution in [2.45, 2.75) is 277 Å². The van der Waals surface area contributed by atoms with Crippen LogP contribution < -0.4 is 0 Å². The van der Waals surface area contributed by atoms with E-state index in [4.69, 9.17) is 14.2 Å². The molecule has 0 rings (SSSR count). The van der Waals surface area contributed by atoms with Crippen molar-refractivity contribution in [2.75, 3.05) is 13.2 Å². The van der Waals surface area contributed by atoms with Crippen LogP contribution in [0.5, 0.6) is 0 Å². The van der Waals surface area contributed by atoms with E-state index >= 15 is 0 Å². The molecule has 0 saturated carbocycles. The van der Waals surface area contributed by atoms with Crippen LogP contribution in [-0.2, 0) is 28.6 Å². The first-order valence-electron chi connectivity index (χ1n) is 29.2. The molecule has 6 heteroatoms. The number of carbonyl (C=O) groups excluding carboxylic acids is 3. The average molecular weight is 974 g/mol. The summed E-state index contributed by atoms with van der Waals surface area (Å²) in [5, 5.41) is 0. The molecule has 1 unspecified atom stereocenters. The van der Waals surface area contributed by atoms with E-state index in [1.807, 2.05) is 0 Å². The first kappa shape index (κ1) is 66.3. The van der Waals surface area contributed by atoms with E-state index in [0.717, 1.165) is 109 Å². The van der Waals surface area contributed by atoms with E-state index < -0.39 is 6.10 Å². The highest BCUT2D eigenvalue weighted by molar-refractivity contribution is 5.71. The summed E-state index contributed by atoms with van der Waals surface area (Å²) in [5.74, 6) is -0.887.